The third-order valence-corrected chi connectivity index (χ3v) is 3.66. The molecule has 0 atom stereocenters. The summed E-state index contributed by atoms with van der Waals surface area (Å²) in [6, 6.07) is 1.70. The summed E-state index contributed by atoms with van der Waals surface area (Å²) in [5.41, 5.74) is 2.50. The van der Waals surface area contributed by atoms with Crippen LogP contribution in [0.3, 0.4) is 0 Å². The molecule has 112 valence electrons. The Labute approximate surface area is 122 Å². The summed E-state index contributed by atoms with van der Waals surface area (Å²) in [6.45, 7) is 5.27. The van der Waals surface area contributed by atoms with E-state index in [9.17, 15) is 4.79 Å². The highest BCUT2D eigenvalue weighted by Crippen LogP contribution is 2.18. The monoisotopic (exact) mass is 289 g/mol. The van der Waals surface area contributed by atoms with Gasteiger partial charge in [-0.05, 0) is 19.4 Å². The number of amides is 1. The molecule has 7 nitrogen and oxygen atoms in total. The zero-order valence-electron chi connectivity index (χ0n) is 12.1. The van der Waals surface area contributed by atoms with Gasteiger partial charge < -0.3 is 14.2 Å². The van der Waals surface area contributed by atoms with Crippen molar-refractivity contribution in [3.05, 3.63) is 35.7 Å². The van der Waals surface area contributed by atoms with Crippen LogP contribution in [-0.2, 0) is 24.4 Å². The molecule has 2 aromatic rings. The highest BCUT2D eigenvalue weighted by atomic mass is 16.5. The van der Waals surface area contributed by atoms with E-state index in [0.29, 0.717) is 25.5 Å². The van der Waals surface area contributed by atoms with Crippen molar-refractivity contribution < 1.29 is 9.53 Å². The Morgan fingerprint density at radius 3 is 3.14 bits per heavy atom. The van der Waals surface area contributed by atoms with Crippen molar-refractivity contribution in [1.29, 1.82) is 0 Å². The lowest BCUT2D eigenvalue weighted by atomic mass is 10.3. The van der Waals surface area contributed by atoms with Gasteiger partial charge in [-0.3, -0.25) is 9.89 Å². The van der Waals surface area contributed by atoms with E-state index in [1.807, 2.05) is 18.2 Å². The van der Waals surface area contributed by atoms with Crippen molar-refractivity contribution in [1.82, 2.24) is 24.6 Å². The van der Waals surface area contributed by atoms with Gasteiger partial charge in [-0.15, -0.1) is 0 Å². The molecule has 0 spiro atoms. The van der Waals surface area contributed by atoms with E-state index in [4.69, 9.17) is 4.74 Å². The molecule has 2 aromatic heterocycles. The zero-order valence-corrected chi connectivity index (χ0v) is 12.1. The quantitative estimate of drug-likeness (QED) is 0.917. The zero-order chi connectivity index (χ0) is 14.7. The normalized spacial score (nSPS) is 14.8. The molecular weight excluding hydrogens is 270 g/mol. The first kappa shape index (κ1) is 13.8. The number of ether oxygens (including phenoxy) is 1. The van der Waals surface area contributed by atoms with Crippen LogP contribution in [0.2, 0.25) is 0 Å². The number of H-pyrrole nitrogens is 1. The van der Waals surface area contributed by atoms with Crippen LogP contribution in [0.5, 0.6) is 0 Å². The van der Waals surface area contributed by atoms with Gasteiger partial charge in [0.25, 0.3) is 5.91 Å². The molecule has 1 amide bonds. The Balaban J connectivity index is 1.81. The fourth-order valence-corrected chi connectivity index (χ4v) is 2.55. The lowest BCUT2D eigenvalue weighted by Gasteiger charge is -2.19. The Kier molecular flexibility index (Phi) is 4.01. The maximum atomic E-state index is 12.5. The van der Waals surface area contributed by atoms with Crippen molar-refractivity contribution in [2.45, 2.75) is 33.0 Å². The predicted octanol–water partition coefficient (Wildman–Crippen LogP) is 1.19. The highest BCUT2D eigenvalue weighted by molar-refractivity contribution is 5.92. The minimum atomic E-state index is -0.0236. The molecule has 3 heterocycles. The number of aromatic amines is 1. The lowest BCUT2D eigenvalue weighted by molar-refractivity contribution is 0.0737. The van der Waals surface area contributed by atoms with Crippen LogP contribution in [0.4, 0.5) is 0 Å². The largest absolute Gasteiger partial charge is 0.375 e. The average Bonchev–Trinajstić information content (AvgIpc) is 3.10. The van der Waals surface area contributed by atoms with Crippen molar-refractivity contribution >= 4 is 5.91 Å². The van der Waals surface area contributed by atoms with Gasteiger partial charge in [0.2, 0.25) is 0 Å². The fraction of sp³-hybridized carbons (Fsp3) is 0.500. The number of nitrogens with zero attached hydrogens (tertiary/aromatic N) is 4. The summed E-state index contributed by atoms with van der Waals surface area (Å²) < 4.78 is 7.58. The molecule has 21 heavy (non-hydrogen) atoms. The number of nitrogens with one attached hydrogen (secondary N) is 1. The molecule has 1 aliphatic heterocycles. The summed E-state index contributed by atoms with van der Waals surface area (Å²) in [4.78, 5) is 18.7. The minimum absolute atomic E-state index is 0.0236. The first-order valence-corrected chi connectivity index (χ1v) is 7.19. The summed E-state index contributed by atoms with van der Waals surface area (Å²) >= 11 is 0. The van der Waals surface area contributed by atoms with Gasteiger partial charge in [-0.1, -0.05) is 0 Å². The van der Waals surface area contributed by atoms with Gasteiger partial charge in [-0.25, -0.2) is 4.98 Å². The Morgan fingerprint density at radius 2 is 2.38 bits per heavy atom. The molecule has 0 aliphatic carbocycles. The molecule has 1 N–H and O–H groups in total. The minimum Gasteiger partial charge on any atom is -0.375 e. The second-order valence-corrected chi connectivity index (χ2v) is 5.02. The summed E-state index contributed by atoms with van der Waals surface area (Å²) in [5, 5.41) is 6.58. The van der Waals surface area contributed by atoms with Crippen LogP contribution < -0.4 is 0 Å². The molecule has 1 aliphatic rings. The standard InChI is InChI=1S/C14H19N5O2/c1-2-21-9-12-13-8-18(6-3-7-19(13)10-15-12)14(20)11-4-5-16-17-11/h4-5,10H,2-3,6-9H2,1H3,(H,16,17). The molecule has 0 aromatic carbocycles. The van der Waals surface area contributed by atoms with Crippen molar-refractivity contribution in [2.24, 2.45) is 0 Å². The van der Waals surface area contributed by atoms with Gasteiger partial charge in [0.15, 0.2) is 0 Å². The van der Waals surface area contributed by atoms with E-state index >= 15 is 0 Å². The molecule has 0 unspecified atom stereocenters. The lowest BCUT2D eigenvalue weighted by Crippen LogP contribution is -2.31. The van der Waals surface area contributed by atoms with E-state index in [2.05, 4.69) is 19.7 Å². The number of carbonyl (C=O) groups excluding carboxylic acids is 1. The first-order chi connectivity index (χ1) is 10.3. The number of carbonyl (C=O) groups is 1. The number of fused-ring (bicyclic) bond motifs is 1. The summed E-state index contributed by atoms with van der Waals surface area (Å²) in [7, 11) is 0. The Bertz CT molecular complexity index is 605. The van der Waals surface area contributed by atoms with E-state index in [0.717, 1.165) is 30.9 Å². The molecule has 0 saturated carbocycles. The van der Waals surface area contributed by atoms with Crippen molar-refractivity contribution in [2.75, 3.05) is 13.2 Å². The van der Waals surface area contributed by atoms with Gasteiger partial charge in [0, 0.05) is 25.9 Å². The van der Waals surface area contributed by atoms with Gasteiger partial charge in [0.05, 0.1) is 30.9 Å². The number of imidazole rings is 1. The topological polar surface area (TPSA) is 76.0 Å². The fourth-order valence-electron chi connectivity index (χ4n) is 2.55. The number of hydrogen-bond acceptors (Lipinski definition) is 4. The van der Waals surface area contributed by atoms with E-state index in [1.54, 1.807) is 12.3 Å². The summed E-state index contributed by atoms with van der Waals surface area (Å²) in [6.07, 6.45) is 4.35. The molecule has 7 heteroatoms. The van der Waals surface area contributed by atoms with Crippen LogP contribution >= 0.6 is 0 Å². The van der Waals surface area contributed by atoms with Crippen molar-refractivity contribution in [3.8, 4) is 0 Å². The number of rotatable bonds is 4. The van der Waals surface area contributed by atoms with Crippen molar-refractivity contribution in [3.63, 3.8) is 0 Å². The SMILES string of the molecule is CCOCc1ncn2c1CN(C(=O)c1ccn[nH]1)CCC2. The first-order valence-electron chi connectivity index (χ1n) is 7.19. The van der Waals surface area contributed by atoms with E-state index < -0.39 is 0 Å². The maximum absolute atomic E-state index is 12.5. The van der Waals surface area contributed by atoms with Gasteiger partial charge in [-0.2, -0.15) is 5.10 Å². The van der Waals surface area contributed by atoms with Crippen LogP contribution in [-0.4, -0.2) is 43.7 Å². The molecule has 0 saturated heterocycles. The number of aromatic nitrogens is 4. The number of aryl methyl sites for hydroxylation is 1. The van der Waals surface area contributed by atoms with Crippen LogP contribution in [0.25, 0.3) is 0 Å². The third-order valence-electron chi connectivity index (χ3n) is 3.66. The van der Waals surface area contributed by atoms with Crippen LogP contribution in [0, 0.1) is 0 Å². The maximum Gasteiger partial charge on any atom is 0.272 e. The summed E-state index contributed by atoms with van der Waals surface area (Å²) in [5.74, 6) is -0.0236. The van der Waals surface area contributed by atoms with E-state index in [-0.39, 0.29) is 5.91 Å². The molecule has 0 bridgehead atoms. The molecule has 0 radical (unpaired) electrons. The second-order valence-electron chi connectivity index (χ2n) is 5.02. The van der Waals surface area contributed by atoms with Crippen LogP contribution in [0.15, 0.2) is 18.6 Å². The van der Waals surface area contributed by atoms with Gasteiger partial charge in [0.1, 0.15) is 5.69 Å². The smallest absolute Gasteiger partial charge is 0.272 e. The van der Waals surface area contributed by atoms with E-state index in [1.165, 1.54) is 0 Å². The average molecular weight is 289 g/mol. The molecular formula is C14H19N5O2. The highest BCUT2D eigenvalue weighted by Gasteiger charge is 2.23. The Hall–Kier alpha value is -2.15. The van der Waals surface area contributed by atoms with Gasteiger partial charge >= 0.3 is 0 Å². The Morgan fingerprint density at radius 1 is 1.48 bits per heavy atom. The third kappa shape index (κ3) is 2.82. The molecule has 3 rings (SSSR count). The van der Waals surface area contributed by atoms with Crippen LogP contribution in [0.1, 0.15) is 35.2 Å². The molecule has 0 fully saturated rings. The second kappa shape index (κ2) is 6.09. The predicted molar refractivity (Wildman–Crippen MR) is 75.5 cm³/mol. The number of hydrogen-bond donors (Lipinski definition) is 1.